The number of nitrogens with zero attached hydrogens (tertiary/aromatic N) is 1. The van der Waals surface area contributed by atoms with Crippen LogP contribution in [-0.2, 0) is 10.3 Å². The third-order valence-corrected chi connectivity index (χ3v) is 3.89. The van der Waals surface area contributed by atoms with Gasteiger partial charge < -0.3 is 14.8 Å². The minimum Gasteiger partial charge on any atom is -0.478 e. The first-order valence-corrected chi connectivity index (χ1v) is 6.58. The molecule has 6 nitrogen and oxygen atoms in total. The van der Waals surface area contributed by atoms with Crippen molar-refractivity contribution in [1.82, 2.24) is 9.55 Å². The fraction of sp³-hybridized carbons (Fsp3) is 0.429. The Labute approximate surface area is 115 Å². The highest BCUT2D eigenvalue weighted by atomic mass is 16.5. The molecule has 1 aromatic carbocycles. The van der Waals surface area contributed by atoms with Crippen molar-refractivity contribution in [2.75, 3.05) is 13.2 Å². The molecular weight excluding hydrogens is 260 g/mol. The summed E-state index contributed by atoms with van der Waals surface area (Å²) < 4.78 is 7.13. The second-order valence-corrected chi connectivity index (χ2v) is 5.46. The molecule has 1 unspecified atom stereocenters. The molecule has 1 aliphatic rings. The third kappa shape index (κ3) is 1.92. The van der Waals surface area contributed by atoms with Crippen LogP contribution in [0.1, 0.15) is 30.1 Å². The molecule has 6 heteroatoms. The fourth-order valence-electron chi connectivity index (χ4n) is 2.87. The van der Waals surface area contributed by atoms with Gasteiger partial charge in [-0.2, -0.15) is 0 Å². The lowest BCUT2D eigenvalue weighted by Gasteiger charge is -2.34. The average molecular weight is 276 g/mol. The number of carboxylic acids is 1. The maximum Gasteiger partial charge on any atom is 0.335 e. The lowest BCUT2D eigenvalue weighted by Crippen LogP contribution is -2.43. The van der Waals surface area contributed by atoms with Gasteiger partial charge in [0.15, 0.2) is 0 Å². The molecular formula is C14H16N2O4. The Kier molecular flexibility index (Phi) is 2.90. The molecule has 2 heterocycles. The lowest BCUT2D eigenvalue weighted by atomic mass is 9.94. The van der Waals surface area contributed by atoms with E-state index < -0.39 is 11.5 Å². The van der Waals surface area contributed by atoms with E-state index >= 15 is 0 Å². The maximum atomic E-state index is 12.2. The van der Waals surface area contributed by atoms with E-state index in [9.17, 15) is 9.59 Å². The molecule has 3 rings (SSSR count). The van der Waals surface area contributed by atoms with E-state index in [1.807, 2.05) is 6.92 Å². The molecule has 0 amide bonds. The van der Waals surface area contributed by atoms with Crippen molar-refractivity contribution >= 4 is 17.0 Å². The summed E-state index contributed by atoms with van der Waals surface area (Å²) in [6.45, 7) is 3.12. The van der Waals surface area contributed by atoms with E-state index in [1.54, 1.807) is 10.6 Å². The molecule has 0 aliphatic carbocycles. The predicted octanol–water partition coefficient (Wildman–Crippen LogP) is 1.55. The summed E-state index contributed by atoms with van der Waals surface area (Å²) in [5.74, 6) is -1.00. The van der Waals surface area contributed by atoms with Gasteiger partial charge in [0, 0.05) is 6.61 Å². The van der Waals surface area contributed by atoms with Crippen molar-refractivity contribution in [3.05, 3.63) is 34.2 Å². The van der Waals surface area contributed by atoms with E-state index in [-0.39, 0.29) is 11.3 Å². The number of nitrogens with one attached hydrogen (secondary N) is 1. The number of carbonyl (C=O) groups is 1. The van der Waals surface area contributed by atoms with Crippen molar-refractivity contribution in [3.8, 4) is 0 Å². The highest BCUT2D eigenvalue weighted by Gasteiger charge is 2.32. The predicted molar refractivity (Wildman–Crippen MR) is 73.2 cm³/mol. The number of ether oxygens (including phenoxy) is 1. The van der Waals surface area contributed by atoms with Crippen LogP contribution >= 0.6 is 0 Å². The second kappa shape index (κ2) is 4.49. The van der Waals surface area contributed by atoms with Gasteiger partial charge in [-0.3, -0.25) is 4.57 Å². The number of hydrogen-bond acceptors (Lipinski definition) is 3. The van der Waals surface area contributed by atoms with Gasteiger partial charge in [-0.25, -0.2) is 9.59 Å². The molecule has 0 spiro atoms. The summed E-state index contributed by atoms with van der Waals surface area (Å²) in [7, 11) is 0. The first kappa shape index (κ1) is 12.9. The number of rotatable bonds is 2. The maximum absolute atomic E-state index is 12.2. The first-order valence-electron chi connectivity index (χ1n) is 6.58. The van der Waals surface area contributed by atoms with Crippen LogP contribution in [0.5, 0.6) is 0 Å². The molecule has 1 aliphatic heterocycles. The molecule has 2 aromatic rings. The van der Waals surface area contributed by atoms with Gasteiger partial charge in [0.05, 0.1) is 28.7 Å². The third-order valence-electron chi connectivity index (χ3n) is 3.89. The van der Waals surface area contributed by atoms with Crippen LogP contribution in [0.15, 0.2) is 23.0 Å². The number of hydrogen-bond donors (Lipinski definition) is 2. The van der Waals surface area contributed by atoms with Gasteiger partial charge in [0.25, 0.3) is 0 Å². The molecule has 1 aromatic heterocycles. The van der Waals surface area contributed by atoms with Gasteiger partial charge in [-0.15, -0.1) is 0 Å². The van der Waals surface area contributed by atoms with Gasteiger partial charge in [-0.1, -0.05) is 0 Å². The van der Waals surface area contributed by atoms with Crippen LogP contribution in [0.2, 0.25) is 0 Å². The normalized spacial score (nSPS) is 23.1. The Morgan fingerprint density at radius 2 is 2.30 bits per heavy atom. The number of benzene rings is 1. The van der Waals surface area contributed by atoms with Crippen LogP contribution in [0.4, 0.5) is 0 Å². The highest BCUT2D eigenvalue weighted by Crippen LogP contribution is 2.29. The van der Waals surface area contributed by atoms with Crippen LogP contribution in [0.25, 0.3) is 11.0 Å². The van der Waals surface area contributed by atoms with E-state index in [0.29, 0.717) is 24.2 Å². The molecule has 1 atom stereocenters. The van der Waals surface area contributed by atoms with Crippen LogP contribution in [-0.4, -0.2) is 33.8 Å². The summed E-state index contributed by atoms with van der Waals surface area (Å²) in [6, 6.07) is 4.66. The van der Waals surface area contributed by atoms with Crippen LogP contribution in [0.3, 0.4) is 0 Å². The molecule has 0 radical (unpaired) electrons. The minimum atomic E-state index is -1.00. The molecule has 106 valence electrons. The van der Waals surface area contributed by atoms with E-state index in [1.165, 1.54) is 12.1 Å². The Hall–Kier alpha value is -2.08. The van der Waals surface area contributed by atoms with Crippen molar-refractivity contribution in [1.29, 1.82) is 0 Å². The van der Waals surface area contributed by atoms with Crippen molar-refractivity contribution in [3.63, 3.8) is 0 Å². The summed E-state index contributed by atoms with van der Waals surface area (Å²) in [5.41, 5.74) is 0.765. The quantitative estimate of drug-likeness (QED) is 0.871. The number of fused-ring (bicyclic) bond motifs is 1. The molecule has 0 bridgehead atoms. The van der Waals surface area contributed by atoms with E-state index in [0.717, 1.165) is 12.8 Å². The highest BCUT2D eigenvalue weighted by molar-refractivity contribution is 5.92. The van der Waals surface area contributed by atoms with Crippen molar-refractivity contribution in [2.45, 2.75) is 25.3 Å². The van der Waals surface area contributed by atoms with Gasteiger partial charge in [0.2, 0.25) is 0 Å². The number of aromatic amines is 1. The monoisotopic (exact) mass is 276 g/mol. The van der Waals surface area contributed by atoms with Gasteiger partial charge in [0.1, 0.15) is 0 Å². The second-order valence-electron chi connectivity index (χ2n) is 5.46. The SMILES string of the molecule is CC1(n2c(=O)[nH]c3ccc(C(=O)O)cc32)CCCOC1. The van der Waals surface area contributed by atoms with Crippen LogP contribution in [0, 0.1) is 0 Å². The molecule has 1 fully saturated rings. The summed E-state index contributed by atoms with van der Waals surface area (Å²) in [4.78, 5) is 26.1. The number of aromatic carboxylic acids is 1. The Morgan fingerprint density at radius 1 is 1.50 bits per heavy atom. The Morgan fingerprint density at radius 3 is 2.95 bits per heavy atom. The molecule has 20 heavy (non-hydrogen) atoms. The Bertz CT molecular complexity index is 722. The van der Waals surface area contributed by atoms with Crippen molar-refractivity contribution in [2.24, 2.45) is 0 Å². The zero-order chi connectivity index (χ0) is 14.3. The summed E-state index contributed by atoms with van der Waals surface area (Å²) in [5, 5.41) is 9.09. The number of imidazole rings is 1. The van der Waals surface area contributed by atoms with E-state index in [2.05, 4.69) is 4.98 Å². The van der Waals surface area contributed by atoms with Gasteiger partial charge in [-0.05, 0) is 38.0 Å². The lowest BCUT2D eigenvalue weighted by molar-refractivity contribution is 0.00997. The molecule has 0 saturated carbocycles. The standard InChI is InChI=1S/C14H16N2O4/c1-14(5-2-6-20-8-14)16-11-7-9(12(17)18)3-4-10(11)15-13(16)19/h3-4,7H,2,5-6,8H2,1H3,(H,15,19)(H,17,18). The number of H-pyrrole nitrogens is 1. The largest absolute Gasteiger partial charge is 0.478 e. The van der Waals surface area contributed by atoms with E-state index in [4.69, 9.17) is 9.84 Å². The molecule has 1 saturated heterocycles. The average Bonchev–Trinajstić information content (AvgIpc) is 2.74. The zero-order valence-electron chi connectivity index (χ0n) is 11.2. The smallest absolute Gasteiger partial charge is 0.335 e. The number of aromatic nitrogens is 2. The Balaban J connectivity index is 2.23. The van der Waals surface area contributed by atoms with Crippen molar-refractivity contribution < 1.29 is 14.6 Å². The topological polar surface area (TPSA) is 84.3 Å². The zero-order valence-corrected chi connectivity index (χ0v) is 11.2. The van der Waals surface area contributed by atoms with Gasteiger partial charge >= 0.3 is 11.7 Å². The summed E-state index contributed by atoms with van der Waals surface area (Å²) in [6.07, 6.45) is 1.71. The van der Waals surface area contributed by atoms with Crippen LogP contribution < -0.4 is 5.69 Å². The summed E-state index contributed by atoms with van der Waals surface area (Å²) >= 11 is 0. The minimum absolute atomic E-state index is 0.172. The first-order chi connectivity index (χ1) is 9.51. The fourth-order valence-corrected chi connectivity index (χ4v) is 2.87. The number of carboxylic acid groups (broad SMARTS) is 1. The molecule has 2 N–H and O–H groups in total.